The minimum absolute atomic E-state index is 0.0286. The molecule has 0 bridgehead atoms. The average Bonchev–Trinajstić information content (AvgIpc) is 2.76. The van der Waals surface area contributed by atoms with Crippen molar-refractivity contribution in [1.29, 1.82) is 0 Å². The lowest BCUT2D eigenvalue weighted by atomic mass is 9.95. The maximum absolute atomic E-state index is 14.9. The molecule has 0 saturated heterocycles. The van der Waals surface area contributed by atoms with Crippen LogP contribution >= 0.6 is 11.6 Å². The summed E-state index contributed by atoms with van der Waals surface area (Å²) in [5, 5.41) is 3.10. The molecule has 3 rings (SSSR count). The second kappa shape index (κ2) is 11.1. The van der Waals surface area contributed by atoms with E-state index < -0.39 is 23.6 Å². The smallest absolute Gasteiger partial charge is 0.338 e. The zero-order chi connectivity index (χ0) is 23.1. The average molecular weight is 466 g/mol. The normalized spacial score (nSPS) is 15.9. The fourth-order valence-corrected chi connectivity index (χ4v) is 3.26. The number of rotatable bonds is 9. The lowest BCUT2D eigenvalue weighted by Gasteiger charge is -2.27. The number of carbonyl (C=O) groups is 1. The quantitative estimate of drug-likeness (QED) is 0.450. The molecule has 1 atom stereocenters. The fourth-order valence-electron chi connectivity index (χ4n) is 3.10. The minimum Gasteiger partial charge on any atom is -0.463 e. The predicted octanol–water partition coefficient (Wildman–Crippen LogP) is 3.58. The number of halogens is 3. The summed E-state index contributed by atoms with van der Waals surface area (Å²) in [4.78, 5) is 21.3. The van der Waals surface area contributed by atoms with Crippen LogP contribution in [0.4, 0.5) is 8.78 Å². The van der Waals surface area contributed by atoms with Gasteiger partial charge in [0.15, 0.2) is 11.7 Å². The molecule has 10 heteroatoms. The number of nitrogens with one attached hydrogen (secondary N) is 1. The van der Waals surface area contributed by atoms with E-state index in [4.69, 9.17) is 25.8 Å². The van der Waals surface area contributed by atoms with Crippen LogP contribution in [0.5, 0.6) is 0 Å². The number of aliphatic imine (C=N–C) groups is 1. The summed E-state index contributed by atoms with van der Waals surface area (Å²) in [6.07, 6.45) is 1.40. The second-order valence-electron chi connectivity index (χ2n) is 6.66. The molecule has 2 heterocycles. The van der Waals surface area contributed by atoms with E-state index in [1.807, 2.05) is 0 Å². The summed E-state index contributed by atoms with van der Waals surface area (Å²) in [5.41, 5.74) is 0.297. The van der Waals surface area contributed by atoms with Crippen molar-refractivity contribution in [2.75, 3.05) is 33.5 Å². The first-order valence-corrected chi connectivity index (χ1v) is 10.2. The van der Waals surface area contributed by atoms with Crippen molar-refractivity contribution in [2.24, 2.45) is 4.99 Å². The number of hydrogen-bond donors (Lipinski definition) is 1. The van der Waals surface area contributed by atoms with Crippen LogP contribution in [-0.4, -0.2) is 50.3 Å². The first-order chi connectivity index (χ1) is 15.5. The number of carbonyl (C=O) groups excluding carboxylic acids is 1. The highest BCUT2D eigenvalue weighted by molar-refractivity contribution is 6.30. The lowest BCUT2D eigenvalue weighted by Crippen LogP contribution is -2.37. The zero-order valence-corrected chi connectivity index (χ0v) is 18.3. The molecule has 1 aromatic carbocycles. The molecule has 0 amide bonds. The van der Waals surface area contributed by atoms with Crippen molar-refractivity contribution in [2.45, 2.75) is 13.0 Å². The van der Waals surface area contributed by atoms with Gasteiger partial charge in [-0.05, 0) is 31.2 Å². The van der Waals surface area contributed by atoms with Gasteiger partial charge in [0, 0.05) is 23.9 Å². The van der Waals surface area contributed by atoms with Gasteiger partial charge in [-0.3, -0.25) is 4.99 Å². The zero-order valence-electron chi connectivity index (χ0n) is 17.5. The Morgan fingerprint density at radius 2 is 2.03 bits per heavy atom. The van der Waals surface area contributed by atoms with Crippen LogP contribution in [0.25, 0.3) is 0 Å². The molecule has 170 valence electrons. The van der Waals surface area contributed by atoms with Gasteiger partial charge in [-0.2, -0.15) is 0 Å². The number of methoxy groups -OCH3 is 1. The van der Waals surface area contributed by atoms with E-state index in [9.17, 15) is 13.6 Å². The highest BCUT2D eigenvalue weighted by Crippen LogP contribution is 2.35. The Kier molecular flexibility index (Phi) is 8.26. The molecule has 0 aliphatic carbocycles. The number of amidine groups is 1. The molecule has 1 unspecified atom stereocenters. The number of hydrogen-bond acceptors (Lipinski definition) is 7. The van der Waals surface area contributed by atoms with Crippen LogP contribution in [0.1, 0.15) is 24.2 Å². The Morgan fingerprint density at radius 3 is 2.72 bits per heavy atom. The molecule has 7 nitrogen and oxygen atoms in total. The molecule has 0 saturated carbocycles. The topological polar surface area (TPSA) is 82.0 Å². The van der Waals surface area contributed by atoms with Gasteiger partial charge in [0.1, 0.15) is 17.6 Å². The molecule has 0 radical (unpaired) electrons. The third-order valence-corrected chi connectivity index (χ3v) is 4.77. The summed E-state index contributed by atoms with van der Waals surface area (Å²) >= 11 is 5.89. The number of nitrogens with zero attached hydrogens (tertiary/aromatic N) is 2. The number of pyridine rings is 1. The molecular formula is C22H22ClF2N3O4. The first-order valence-electron chi connectivity index (χ1n) is 9.83. The molecule has 1 aliphatic rings. The van der Waals surface area contributed by atoms with Crippen LogP contribution in [0.15, 0.2) is 52.8 Å². The Balaban J connectivity index is 2.13. The van der Waals surface area contributed by atoms with Gasteiger partial charge in [-0.1, -0.05) is 17.7 Å². The second-order valence-corrected chi connectivity index (χ2v) is 7.10. The van der Waals surface area contributed by atoms with Gasteiger partial charge in [-0.25, -0.2) is 18.6 Å². The number of benzene rings is 1. The maximum Gasteiger partial charge on any atom is 0.338 e. The van der Waals surface area contributed by atoms with Gasteiger partial charge in [0.2, 0.25) is 0 Å². The van der Waals surface area contributed by atoms with Crippen LogP contribution in [-0.2, 0) is 19.0 Å². The summed E-state index contributed by atoms with van der Waals surface area (Å²) in [6, 6.07) is 5.55. The SMILES string of the molecule is CCOC(=O)C1=C(COCCOC)NC(c2ncccc2F)=NC1c1ccc(Cl)cc1F. The van der Waals surface area contributed by atoms with Crippen LogP contribution in [0.2, 0.25) is 5.02 Å². The van der Waals surface area contributed by atoms with E-state index in [2.05, 4.69) is 15.3 Å². The van der Waals surface area contributed by atoms with Crippen molar-refractivity contribution in [3.8, 4) is 0 Å². The molecule has 0 spiro atoms. The summed E-state index contributed by atoms with van der Waals surface area (Å²) < 4.78 is 45.1. The van der Waals surface area contributed by atoms with E-state index in [1.54, 1.807) is 6.92 Å². The third-order valence-electron chi connectivity index (χ3n) is 4.54. The van der Waals surface area contributed by atoms with Crippen molar-refractivity contribution in [3.05, 3.63) is 75.7 Å². The van der Waals surface area contributed by atoms with Crippen molar-refractivity contribution in [1.82, 2.24) is 10.3 Å². The number of aromatic nitrogens is 1. The lowest BCUT2D eigenvalue weighted by molar-refractivity contribution is -0.139. The van der Waals surface area contributed by atoms with E-state index in [1.165, 1.54) is 37.6 Å². The van der Waals surface area contributed by atoms with Gasteiger partial charge in [0.05, 0.1) is 37.7 Å². The first kappa shape index (κ1) is 23.8. The third kappa shape index (κ3) is 5.48. The Bertz CT molecular complexity index is 1050. The monoisotopic (exact) mass is 465 g/mol. The van der Waals surface area contributed by atoms with Crippen molar-refractivity contribution >= 4 is 23.4 Å². The predicted molar refractivity (Wildman–Crippen MR) is 114 cm³/mol. The molecule has 1 N–H and O–H groups in total. The fraction of sp³-hybridized carbons (Fsp3) is 0.318. The molecule has 1 aliphatic heterocycles. The van der Waals surface area contributed by atoms with Crippen LogP contribution < -0.4 is 5.32 Å². The van der Waals surface area contributed by atoms with Gasteiger partial charge in [0.25, 0.3) is 0 Å². The van der Waals surface area contributed by atoms with Crippen molar-refractivity contribution < 1.29 is 27.8 Å². The van der Waals surface area contributed by atoms with Crippen LogP contribution in [0, 0.1) is 11.6 Å². The van der Waals surface area contributed by atoms with E-state index >= 15 is 0 Å². The summed E-state index contributed by atoms with van der Waals surface area (Å²) in [5.74, 6) is -1.97. The molecule has 0 fully saturated rings. The van der Waals surface area contributed by atoms with Gasteiger partial charge < -0.3 is 19.5 Å². The Labute approximate surface area is 189 Å². The van der Waals surface area contributed by atoms with Gasteiger partial charge >= 0.3 is 5.97 Å². The molecular weight excluding hydrogens is 444 g/mol. The molecule has 2 aromatic rings. The molecule has 1 aromatic heterocycles. The summed E-state index contributed by atoms with van der Waals surface area (Å²) in [6.45, 7) is 2.24. The maximum atomic E-state index is 14.9. The largest absolute Gasteiger partial charge is 0.463 e. The van der Waals surface area contributed by atoms with E-state index in [-0.39, 0.29) is 53.2 Å². The number of ether oxygens (including phenoxy) is 3. The Morgan fingerprint density at radius 1 is 1.22 bits per heavy atom. The highest BCUT2D eigenvalue weighted by Gasteiger charge is 2.34. The van der Waals surface area contributed by atoms with E-state index in [0.29, 0.717) is 6.61 Å². The molecule has 32 heavy (non-hydrogen) atoms. The minimum atomic E-state index is -1.13. The van der Waals surface area contributed by atoms with Crippen LogP contribution in [0.3, 0.4) is 0 Å². The summed E-state index contributed by atoms with van der Waals surface area (Å²) in [7, 11) is 1.53. The Hall–Kier alpha value is -2.88. The standard InChI is InChI=1S/C22H22ClF2N3O4/c1-3-32-22(29)18-17(12-31-10-9-30-2)27-21(20-15(24)5-4-8-26-20)28-19(18)14-7-6-13(23)11-16(14)25/h4-8,11,19H,3,9-10,12H2,1-2H3,(H,27,28). The number of esters is 1. The van der Waals surface area contributed by atoms with Crippen molar-refractivity contribution in [3.63, 3.8) is 0 Å². The van der Waals surface area contributed by atoms with Gasteiger partial charge in [-0.15, -0.1) is 0 Å². The highest BCUT2D eigenvalue weighted by atomic mass is 35.5. The van der Waals surface area contributed by atoms with E-state index in [0.717, 1.165) is 6.07 Å².